The van der Waals surface area contributed by atoms with Crippen LogP contribution < -0.4 is 0 Å². The Labute approximate surface area is 92.1 Å². The van der Waals surface area contributed by atoms with Crippen molar-refractivity contribution in [1.82, 2.24) is 0 Å². The zero-order chi connectivity index (χ0) is 10.6. The Morgan fingerprint density at radius 2 is 1.50 bits per heavy atom. The van der Waals surface area contributed by atoms with Crippen LogP contribution >= 0.6 is 0 Å². The zero-order valence-electron chi connectivity index (χ0n) is 10.6. The first kappa shape index (κ1) is 14.1. The largest absolute Gasteiger partial charge is 0.120 e. The Hall–Kier alpha value is 0.0649. The highest BCUT2D eigenvalue weighted by atomic mass is 14.0. The van der Waals surface area contributed by atoms with Gasteiger partial charge in [-0.15, -0.1) is 0 Å². The van der Waals surface area contributed by atoms with Crippen LogP contribution in [0.1, 0.15) is 65.7 Å². The smallest absolute Gasteiger partial charge is 0.0774 e. The molecule has 0 rings (SSSR count). The summed E-state index contributed by atoms with van der Waals surface area (Å²) in [7, 11) is 1.47. The molecule has 0 amide bonds. The number of hydrogen-bond acceptors (Lipinski definition) is 0. The van der Waals surface area contributed by atoms with Crippen LogP contribution in [0.25, 0.3) is 0 Å². The molecular weight excluding hydrogens is 167 g/mol. The quantitative estimate of drug-likeness (QED) is 0.352. The van der Waals surface area contributed by atoms with Crippen LogP contribution in [0.3, 0.4) is 0 Å². The summed E-state index contributed by atoms with van der Waals surface area (Å²) in [5.74, 6) is 0.902. The maximum Gasteiger partial charge on any atom is 0.120 e. The van der Waals surface area contributed by atoms with Gasteiger partial charge in [-0.1, -0.05) is 78.4 Å². The molecule has 0 bridgehead atoms. The summed E-state index contributed by atoms with van der Waals surface area (Å²) in [6.45, 7) is 6.93. The van der Waals surface area contributed by atoms with Crippen LogP contribution in [0, 0.1) is 5.92 Å². The molecule has 0 saturated carbocycles. The van der Waals surface area contributed by atoms with Crippen LogP contribution in [0.5, 0.6) is 0 Å². The van der Waals surface area contributed by atoms with E-state index in [1.807, 2.05) is 0 Å². The van der Waals surface area contributed by atoms with Crippen LogP contribution in [0.2, 0.25) is 12.6 Å². The SMILES string of the molecule is CCCCCBCCCCCC(C)C. The highest BCUT2D eigenvalue weighted by Gasteiger charge is 1.95. The fourth-order valence-electron chi connectivity index (χ4n) is 1.86. The van der Waals surface area contributed by atoms with E-state index < -0.39 is 0 Å². The maximum atomic E-state index is 2.32. The lowest BCUT2D eigenvalue weighted by Gasteiger charge is -2.03. The second-order valence-corrected chi connectivity index (χ2v) is 5.01. The van der Waals surface area contributed by atoms with Crippen LogP contribution in [-0.2, 0) is 0 Å². The fourth-order valence-corrected chi connectivity index (χ4v) is 1.86. The number of hydrogen-bond donors (Lipinski definition) is 0. The van der Waals surface area contributed by atoms with Gasteiger partial charge < -0.3 is 0 Å². The molecule has 0 fully saturated rings. The van der Waals surface area contributed by atoms with E-state index >= 15 is 0 Å². The highest BCUT2D eigenvalue weighted by molar-refractivity contribution is 6.35. The van der Waals surface area contributed by atoms with E-state index in [0.29, 0.717) is 0 Å². The minimum atomic E-state index is 0.902. The van der Waals surface area contributed by atoms with Crippen molar-refractivity contribution in [1.29, 1.82) is 0 Å². The lowest BCUT2D eigenvalue weighted by atomic mass is 9.68. The first-order valence-corrected chi connectivity index (χ1v) is 6.77. The number of unbranched alkanes of at least 4 members (excludes halogenated alkanes) is 4. The average Bonchev–Trinajstić information content (AvgIpc) is 2.15. The Bertz CT molecular complexity index is 99.4. The predicted octanol–water partition coefficient (Wildman–Crippen LogP) is 4.67. The topological polar surface area (TPSA) is 0 Å². The minimum absolute atomic E-state index is 0.902. The van der Waals surface area contributed by atoms with E-state index in [1.54, 1.807) is 0 Å². The third-order valence-corrected chi connectivity index (χ3v) is 2.89. The van der Waals surface area contributed by atoms with E-state index in [9.17, 15) is 0 Å². The Morgan fingerprint density at radius 1 is 0.857 bits per heavy atom. The van der Waals surface area contributed by atoms with Crippen molar-refractivity contribution in [3.05, 3.63) is 0 Å². The van der Waals surface area contributed by atoms with Gasteiger partial charge in [0.05, 0.1) is 0 Å². The fraction of sp³-hybridized carbons (Fsp3) is 1.00. The number of rotatable bonds is 10. The summed E-state index contributed by atoms with van der Waals surface area (Å²) < 4.78 is 0. The van der Waals surface area contributed by atoms with Crippen LogP contribution in [-0.4, -0.2) is 7.28 Å². The summed E-state index contributed by atoms with van der Waals surface area (Å²) in [6.07, 6.45) is 13.0. The van der Waals surface area contributed by atoms with Crippen LogP contribution in [0.15, 0.2) is 0 Å². The van der Waals surface area contributed by atoms with Crippen molar-refractivity contribution in [2.24, 2.45) is 5.92 Å². The summed E-state index contributed by atoms with van der Waals surface area (Å²) in [6, 6.07) is 0. The van der Waals surface area contributed by atoms with Crippen molar-refractivity contribution >= 4 is 7.28 Å². The van der Waals surface area contributed by atoms with Gasteiger partial charge in [0.1, 0.15) is 7.28 Å². The van der Waals surface area contributed by atoms with E-state index in [4.69, 9.17) is 0 Å². The predicted molar refractivity (Wildman–Crippen MR) is 69.6 cm³/mol. The molecule has 1 heteroatoms. The van der Waals surface area contributed by atoms with Crippen molar-refractivity contribution in [3.63, 3.8) is 0 Å². The molecule has 0 aromatic heterocycles. The standard InChI is InChI=1S/C13H29B/c1-4-5-8-11-14-12-9-6-7-10-13(2)3/h13-14H,4-12H2,1-3H3. The van der Waals surface area contributed by atoms with Gasteiger partial charge in [0.15, 0.2) is 0 Å². The van der Waals surface area contributed by atoms with Crippen molar-refractivity contribution < 1.29 is 0 Å². The molecule has 0 saturated heterocycles. The molecule has 0 heterocycles. The minimum Gasteiger partial charge on any atom is -0.0774 e. The molecule has 0 aliphatic heterocycles. The molecule has 0 aliphatic carbocycles. The van der Waals surface area contributed by atoms with Gasteiger partial charge in [-0.05, 0) is 5.92 Å². The van der Waals surface area contributed by atoms with Crippen molar-refractivity contribution in [2.45, 2.75) is 78.4 Å². The molecule has 0 spiro atoms. The monoisotopic (exact) mass is 196 g/mol. The molecule has 0 aromatic carbocycles. The lowest BCUT2D eigenvalue weighted by molar-refractivity contribution is 0.534. The molecule has 0 radical (unpaired) electrons. The molecule has 0 aromatic rings. The Balaban J connectivity index is 2.85. The van der Waals surface area contributed by atoms with Gasteiger partial charge in [-0.3, -0.25) is 0 Å². The molecular formula is C13H29B. The van der Waals surface area contributed by atoms with E-state index in [1.165, 1.54) is 64.9 Å². The Morgan fingerprint density at radius 3 is 2.07 bits per heavy atom. The second-order valence-electron chi connectivity index (χ2n) is 5.01. The molecule has 0 unspecified atom stereocenters. The van der Waals surface area contributed by atoms with Crippen molar-refractivity contribution in [3.8, 4) is 0 Å². The molecule has 0 atom stereocenters. The van der Waals surface area contributed by atoms with E-state index in [2.05, 4.69) is 20.8 Å². The van der Waals surface area contributed by atoms with E-state index in [0.717, 1.165) is 5.92 Å². The highest BCUT2D eigenvalue weighted by Crippen LogP contribution is 2.10. The zero-order valence-corrected chi connectivity index (χ0v) is 10.6. The molecule has 0 N–H and O–H groups in total. The van der Waals surface area contributed by atoms with Gasteiger partial charge in [0.25, 0.3) is 0 Å². The molecule has 14 heavy (non-hydrogen) atoms. The normalized spacial score (nSPS) is 10.9. The first-order chi connectivity index (χ1) is 6.77. The third-order valence-electron chi connectivity index (χ3n) is 2.89. The van der Waals surface area contributed by atoms with Gasteiger partial charge in [0.2, 0.25) is 0 Å². The molecule has 0 aliphatic rings. The van der Waals surface area contributed by atoms with Crippen LogP contribution in [0.4, 0.5) is 0 Å². The van der Waals surface area contributed by atoms with E-state index in [-0.39, 0.29) is 0 Å². The first-order valence-electron chi connectivity index (χ1n) is 6.77. The second kappa shape index (κ2) is 11.1. The Kier molecular flexibility index (Phi) is 11.2. The molecule has 84 valence electrons. The summed E-state index contributed by atoms with van der Waals surface area (Å²) >= 11 is 0. The lowest BCUT2D eigenvalue weighted by Crippen LogP contribution is -1.91. The summed E-state index contributed by atoms with van der Waals surface area (Å²) in [4.78, 5) is 0. The van der Waals surface area contributed by atoms with Gasteiger partial charge in [-0.2, -0.15) is 0 Å². The van der Waals surface area contributed by atoms with Gasteiger partial charge in [-0.25, -0.2) is 0 Å². The van der Waals surface area contributed by atoms with Gasteiger partial charge >= 0.3 is 0 Å². The summed E-state index contributed by atoms with van der Waals surface area (Å²) in [5.41, 5.74) is 0. The van der Waals surface area contributed by atoms with Gasteiger partial charge in [0, 0.05) is 0 Å². The molecule has 0 nitrogen and oxygen atoms in total. The average molecular weight is 196 g/mol. The summed E-state index contributed by atoms with van der Waals surface area (Å²) in [5, 5.41) is 0. The van der Waals surface area contributed by atoms with Crippen molar-refractivity contribution in [2.75, 3.05) is 0 Å². The maximum absolute atomic E-state index is 2.32. The third kappa shape index (κ3) is 12.1.